The molecule has 0 aliphatic carbocycles. The van der Waals surface area contributed by atoms with Gasteiger partial charge in [0.2, 0.25) is 0 Å². The van der Waals surface area contributed by atoms with Gasteiger partial charge in [-0.05, 0) is 79.6 Å². The number of nitrogens with zero attached hydrogens (tertiary/aromatic N) is 6. The number of aromatic carboxylic acids is 1. The van der Waals surface area contributed by atoms with Crippen LogP contribution in [0.3, 0.4) is 0 Å². The summed E-state index contributed by atoms with van der Waals surface area (Å²) in [6.45, 7) is 4.12. The Labute approximate surface area is 252 Å². The molecule has 2 atom stereocenters. The molecule has 9 heteroatoms. The summed E-state index contributed by atoms with van der Waals surface area (Å²) < 4.78 is 7.96. The summed E-state index contributed by atoms with van der Waals surface area (Å²) >= 11 is 0. The summed E-state index contributed by atoms with van der Waals surface area (Å²) in [5, 5.41) is 18.7. The first-order valence-electron chi connectivity index (χ1n) is 15.2. The average Bonchev–Trinajstić information content (AvgIpc) is 3.32. The van der Waals surface area contributed by atoms with Gasteiger partial charge in [0.05, 0.1) is 40.9 Å². The van der Waals surface area contributed by atoms with Crippen molar-refractivity contribution in [2.24, 2.45) is 5.92 Å². The standard InChI is InChI=1S/C34H38N6O3/c1-38(22-26-10-8-25(21-35)9-11-26)31-6-4-7-32(37-31)39-16-3-2-5-24(14-17-39)19-33-36-29-13-12-27(34(41)42)20-30(29)40(33)23-28-15-18-43-28/h4,6-13,20,24,28H,2-3,5,14-19,22-23H2,1H3,(H,41,42)/t24?,28-/m0/s1. The number of imidazole rings is 1. The summed E-state index contributed by atoms with van der Waals surface area (Å²) in [6, 6.07) is 21.3. The van der Waals surface area contributed by atoms with E-state index in [9.17, 15) is 9.90 Å². The van der Waals surface area contributed by atoms with E-state index >= 15 is 0 Å². The molecule has 2 aromatic heterocycles. The normalized spacial score (nSPS) is 18.8. The monoisotopic (exact) mass is 578 g/mol. The number of anilines is 2. The van der Waals surface area contributed by atoms with Crippen LogP contribution < -0.4 is 9.80 Å². The fourth-order valence-electron chi connectivity index (χ4n) is 6.16. The van der Waals surface area contributed by atoms with Crippen molar-refractivity contribution in [1.82, 2.24) is 14.5 Å². The fraction of sp³-hybridized carbons (Fsp3) is 0.412. The van der Waals surface area contributed by atoms with Crippen LogP contribution in [-0.4, -0.2) is 58.5 Å². The van der Waals surface area contributed by atoms with Crippen molar-refractivity contribution < 1.29 is 14.6 Å². The quantitative estimate of drug-likeness (QED) is 0.271. The Hall–Kier alpha value is -4.42. The maximum absolute atomic E-state index is 11.7. The van der Waals surface area contributed by atoms with E-state index in [4.69, 9.17) is 20.0 Å². The summed E-state index contributed by atoms with van der Waals surface area (Å²) in [5.41, 5.74) is 3.81. The topological polar surface area (TPSA) is 108 Å². The highest BCUT2D eigenvalue weighted by Gasteiger charge is 2.25. The van der Waals surface area contributed by atoms with E-state index in [2.05, 4.69) is 32.6 Å². The van der Waals surface area contributed by atoms with Gasteiger partial charge in [0.1, 0.15) is 17.5 Å². The maximum Gasteiger partial charge on any atom is 0.335 e. The molecule has 2 aliphatic heterocycles. The van der Waals surface area contributed by atoms with E-state index in [1.807, 2.05) is 43.4 Å². The minimum atomic E-state index is -0.922. The van der Waals surface area contributed by atoms with E-state index in [0.29, 0.717) is 24.6 Å². The number of hydrogen-bond donors (Lipinski definition) is 1. The Bertz CT molecular complexity index is 1620. The summed E-state index contributed by atoms with van der Waals surface area (Å²) in [6.07, 6.45) is 6.48. The van der Waals surface area contributed by atoms with Crippen LogP contribution in [0.1, 0.15) is 59.4 Å². The second-order valence-electron chi connectivity index (χ2n) is 11.8. The first kappa shape index (κ1) is 28.7. The largest absolute Gasteiger partial charge is 0.478 e. The SMILES string of the molecule is CN(Cc1ccc(C#N)cc1)c1cccc(N2CCCCC(Cc3nc4ccc(C(=O)O)cc4n3C[C@@H]3CCO3)CC2)n1. The third kappa shape index (κ3) is 6.65. The van der Waals surface area contributed by atoms with Crippen molar-refractivity contribution >= 4 is 28.6 Å². The Morgan fingerprint density at radius 3 is 2.65 bits per heavy atom. The molecule has 0 radical (unpaired) electrons. The number of carbonyl (C=O) groups is 1. The van der Waals surface area contributed by atoms with Crippen LogP contribution in [0, 0.1) is 17.2 Å². The number of hydrogen-bond acceptors (Lipinski definition) is 7. The number of aromatic nitrogens is 3. The van der Waals surface area contributed by atoms with Crippen molar-refractivity contribution in [2.75, 3.05) is 36.5 Å². The highest BCUT2D eigenvalue weighted by Crippen LogP contribution is 2.28. The molecule has 2 aliphatic rings. The molecular weight excluding hydrogens is 540 g/mol. The van der Waals surface area contributed by atoms with E-state index in [0.717, 1.165) is 92.3 Å². The van der Waals surface area contributed by atoms with Gasteiger partial charge >= 0.3 is 5.97 Å². The molecule has 0 bridgehead atoms. The summed E-state index contributed by atoms with van der Waals surface area (Å²) in [7, 11) is 2.05. The van der Waals surface area contributed by atoms with Gasteiger partial charge in [-0.15, -0.1) is 0 Å². The lowest BCUT2D eigenvalue weighted by Crippen LogP contribution is -2.33. The number of pyridine rings is 1. The average molecular weight is 579 g/mol. The summed E-state index contributed by atoms with van der Waals surface area (Å²) in [5.74, 6) is 2.50. The van der Waals surface area contributed by atoms with Crippen LogP contribution in [0.15, 0.2) is 60.7 Å². The van der Waals surface area contributed by atoms with E-state index < -0.39 is 5.97 Å². The Morgan fingerprint density at radius 2 is 1.91 bits per heavy atom. The lowest BCUT2D eigenvalue weighted by molar-refractivity contribution is -0.0590. The lowest BCUT2D eigenvalue weighted by Gasteiger charge is -2.31. The molecule has 222 valence electrons. The van der Waals surface area contributed by atoms with Gasteiger partial charge < -0.3 is 24.2 Å². The third-order valence-corrected chi connectivity index (χ3v) is 8.76. The number of ether oxygens (including phenoxy) is 1. The number of benzene rings is 2. The van der Waals surface area contributed by atoms with Crippen LogP contribution in [0.4, 0.5) is 11.6 Å². The van der Waals surface area contributed by atoms with Gasteiger partial charge in [0.25, 0.3) is 0 Å². The van der Waals surface area contributed by atoms with Gasteiger partial charge in [-0.25, -0.2) is 14.8 Å². The zero-order valence-electron chi connectivity index (χ0n) is 24.7. The van der Waals surface area contributed by atoms with Gasteiger partial charge in [-0.3, -0.25) is 0 Å². The molecule has 0 saturated carbocycles. The first-order valence-corrected chi connectivity index (χ1v) is 15.2. The molecule has 4 heterocycles. The minimum absolute atomic E-state index is 0.158. The maximum atomic E-state index is 11.7. The number of rotatable bonds is 9. The second kappa shape index (κ2) is 12.8. The predicted molar refractivity (Wildman–Crippen MR) is 166 cm³/mol. The minimum Gasteiger partial charge on any atom is -0.478 e. The molecule has 6 rings (SSSR count). The molecule has 2 saturated heterocycles. The van der Waals surface area contributed by atoms with Crippen molar-refractivity contribution in [3.05, 3.63) is 83.2 Å². The fourth-order valence-corrected chi connectivity index (χ4v) is 6.16. The van der Waals surface area contributed by atoms with Gasteiger partial charge in [0, 0.05) is 39.7 Å². The van der Waals surface area contributed by atoms with Crippen molar-refractivity contribution in [2.45, 2.75) is 57.7 Å². The van der Waals surface area contributed by atoms with Gasteiger partial charge in [-0.1, -0.05) is 24.6 Å². The van der Waals surface area contributed by atoms with Crippen molar-refractivity contribution in [3.8, 4) is 6.07 Å². The van der Waals surface area contributed by atoms with Crippen LogP contribution in [-0.2, 0) is 24.2 Å². The van der Waals surface area contributed by atoms with Crippen LogP contribution in [0.2, 0.25) is 0 Å². The van der Waals surface area contributed by atoms with Crippen molar-refractivity contribution in [1.29, 1.82) is 5.26 Å². The molecule has 0 spiro atoms. The lowest BCUT2D eigenvalue weighted by atomic mass is 9.92. The number of carboxylic acid groups (broad SMARTS) is 1. The van der Waals surface area contributed by atoms with E-state index in [-0.39, 0.29) is 11.7 Å². The number of nitriles is 1. The number of fused-ring (bicyclic) bond motifs is 1. The molecule has 43 heavy (non-hydrogen) atoms. The molecule has 4 aromatic rings. The molecule has 9 nitrogen and oxygen atoms in total. The zero-order chi connectivity index (χ0) is 29.8. The zero-order valence-corrected chi connectivity index (χ0v) is 24.7. The molecule has 2 fully saturated rings. The Kier molecular flexibility index (Phi) is 8.57. The van der Waals surface area contributed by atoms with E-state index in [1.165, 1.54) is 0 Å². The first-order chi connectivity index (χ1) is 21.0. The van der Waals surface area contributed by atoms with Crippen LogP contribution in [0.25, 0.3) is 11.0 Å². The molecule has 1 unspecified atom stereocenters. The van der Waals surface area contributed by atoms with Gasteiger partial charge in [-0.2, -0.15) is 5.26 Å². The predicted octanol–water partition coefficient (Wildman–Crippen LogP) is 5.67. The van der Waals surface area contributed by atoms with Crippen molar-refractivity contribution in [3.63, 3.8) is 0 Å². The molecular formula is C34H38N6O3. The van der Waals surface area contributed by atoms with E-state index in [1.54, 1.807) is 12.1 Å². The highest BCUT2D eigenvalue weighted by molar-refractivity contribution is 5.92. The summed E-state index contributed by atoms with van der Waals surface area (Å²) in [4.78, 5) is 26.3. The Balaban J connectivity index is 1.15. The third-order valence-electron chi connectivity index (χ3n) is 8.76. The van der Waals surface area contributed by atoms with Gasteiger partial charge in [0.15, 0.2) is 0 Å². The second-order valence-corrected chi connectivity index (χ2v) is 11.8. The smallest absolute Gasteiger partial charge is 0.335 e. The van der Waals surface area contributed by atoms with Crippen LogP contribution in [0.5, 0.6) is 0 Å². The number of carboxylic acids is 1. The van der Waals surface area contributed by atoms with Crippen LogP contribution >= 0.6 is 0 Å². The molecule has 2 aromatic carbocycles. The molecule has 0 amide bonds. The molecule has 1 N–H and O–H groups in total. The Morgan fingerprint density at radius 1 is 1.07 bits per heavy atom. The highest BCUT2D eigenvalue weighted by atomic mass is 16.5.